The molecule has 1 aliphatic carbocycles. The number of carbonyl (C=O) groups is 1. The van der Waals surface area contributed by atoms with E-state index in [0.29, 0.717) is 24.1 Å². The molecule has 136 valence electrons. The first-order valence-corrected chi connectivity index (χ1v) is 8.83. The Morgan fingerprint density at radius 2 is 2.00 bits per heavy atom. The first-order chi connectivity index (χ1) is 12.7. The van der Waals surface area contributed by atoms with E-state index in [9.17, 15) is 4.79 Å². The topological polar surface area (TPSA) is 51.7 Å². The number of nitrogens with zero attached hydrogens (tertiary/aromatic N) is 2. The summed E-state index contributed by atoms with van der Waals surface area (Å²) >= 11 is 0. The molecular formula is C21H24N2O3. The van der Waals surface area contributed by atoms with Crippen LogP contribution in [-0.2, 0) is 11.3 Å². The Balaban J connectivity index is 1.65. The lowest BCUT2D eigenvalue weighted by molar-refractivity contribution is -0.134. The lowest BCUT2D eigenvalue weighted by atomic mass is 10.2. The number of ether oxygens (including phenoxy) is 2. The van der Waals surface area contributed by atoms with Crippen LogP contribution in [0.2, 0.25) is 0 Å². The van der Waals surface area contributed by atoms with Crippen LogP contribution in [0.3, 0.4) is 0 Å². The number of pyridine rings is 1. The number of allylic oxidation sites excluding steroid dienone is 1. The van der Waals surface area contributed by atoms with Crippen LogP contribution in [0.4, 0.5) is 0 Å². The predicted octanol–water partition coefficient (Wildman–Crippen LogP) is 3.69. The summed E-state index contributed by atoms with van der Waals surface area (Å²) in [6.07, 6.45) is 9.56. The average Bonchev–Trinajstić information content (AvgIpc) is 3.51. The molecule has 0 radical (unpaired) electrons. The van der Waals surface area contributed by atoms with Crippen LogP contribution in [-0.4, -0.2) is 35.5 Å². The molecule has 0 saturated heterocycles. The van der Waals surface area contributed by atoms with Gasteiger partial charge in [-0.1, -0.05) is 18.2 Å². The van der Waals surface area contributed by atoms with Crippen molar-refractivity contribution in [3.8, 4) is 11.5 Å². The maximum absolute atomic E-state index is 12.7. The highest BCUT2D eigenvalue weighted by molar-refractivity contribution is 5.78. The van der Waals surface area contributed by atoms with E-state index >= 15 is 0 Å². The smallest absolute Gasteiger partial charge is 0.261 e. The van der Waals surface area contributed by atoms with E-state index in [-0.39, 0.29) is 12.5 Å². The number of carbonyl (C=O) groups excluding carboxylic acids is 1. The lowest BCUT2D eigenvalue weighted by Gasteiger charge is -2.23. The molecule has 3 rings (SSSR count). The van der Waals surface area contributed by atoms with Gasteiger partial charge in [0.05, 0.1) is 7.11 Å². The van der Waals surface area contributed by atoms with Crippen molar-refractivity contribution in [2.45, 2.75) is 32.4 Å². The summed E-state index contributed by atoms with van der Waals surface area (Å²) in [5.41, 5.74) is 2.11. The van der Waals surface area contributed by atoms with Gasteiger partial charge in [-0.05, 0) is 55.2 Å². The number of benzene rings is 1. The fourth-order valence-electron chi connectivity index (χ4n) is 2.81. The summed E-state index contributed by atoms with van der Waals surface area (Å²) in [5, 5.41) is 0. The standard InChI is InChI=1S/C21H24N2O3/c1-3-4-16-5-8-19(20(13-16)25-2)26-15-21(24)23(18-6-7-18)14-17-9-11-22-12-10-17/h3-5,8-13,18H,6-7,14-15H2,1-2H3/b4-3+. The van der Waals surface area contributed by atoms with Crippen molar-refractivity contribution in [2.75, 3.05) is 13.7 Å². The zero-order valence-electron chi connectivity index (χ0n) is 15.2. The molecular weight excluding hydrogens is 328 g/mol. The molecule has 0 atom stereocenters. The Hall–Kier alpha value is -2.82. The zero-order valence-corrected chi connectivity index (χ0v) is 15.2. The zero-order chi connectivity index (χ0) is 18.4. The molecule has 0 N–H and O–H groups in total. The van der Waals surface area contributed by atoms with Crippen molar-refractivity contribution < 1.29 is 14.3 Å². The number of rotatable bonds is 8. The highest BCUT2D eigenvalue weighted by Gasteiger charge is 2.32. The molecule has 5 nitrogen and oxygen atoms in total. The maximum atomic E-state index is 12.7. The minimum absolute atomic E-state index is 0.000900. The van der Waals surface area contributed by atoms with Gasteiger partial charge in [0.25, 0.3) is 5.91 Å². The van der Waals surface area contributed by atoms with E-state index < -0.39 is 0 Å². The van der Waals surface area contributed by atoms with Crippen LogP contribution in [0.5, 0.6) is 11.5 Å². The minimum Gasteiger partial charge on any atom is -0.493 e. The molecule has 0 aliphatic heterocycles. The predicted molar refractivity (Wildman–Crippen MR) is 101 cm³/mol. The van der Waals surface area contributed by atoms with E-state index in [2.05, 4.69) is 4.98 Å². The molecule has 5 heteroatoms. The van der Waals surface area contributed by atoms with E-state index in [1.807, 2.05) is 54.3 Å². The molecule has 1 aromatic heterocycles. The Kier molecular flexibility index (Phi) is 5.89. The molecule has 1 amide bonds. The van der Waals surface area contributed by atoms with Crippen LogP contribution in [0.25, 0.3) is 6.08 Å². The Bertz CT molecular complexity index is 770. The Morgan fingerprint density at radius 3 is 2.65 bits per heavy atom. The van der Waals surface area contributed by atoms with Crippen LogP contribution >= 0.6 is 0 Å². The molecule has 1 saturated carbocycles. The number of aromatic nitrogens is 1. The third-order valence-electron chi connectivity index (χ3n) is 4.31. The quantitative estimate of drug-likeness (QED) is 0.727. The van der Waals surface area contributed by atoms with Crippen molar-refractivity contribution in [3.05, 3.63) is 59.9 Å². The SMILES string of the molecule is C/C=C/c1ccc(OCC(=O)N(Cc2ccncc2)C2CC2)c(OC)c1. The summed E-state index contributed by atoms with van der Waals surface area (Å²) in [7, 11) is 1.60. The summed E-state index contributed by atoms with van der Waals surface area (Å²) < 4.78 is 11.2. The molecule has 0 bridgehead atoms. The summed E-state index contributed by atoms with van der Waals surface area (Å²) in [6.45, 7) is 2.55. The Labute approximate surface area is 154 Å². The average molecular weight is 352 g/mol. The molecule has 1 fully saturated rings. The molecule has 1 aromatic carbocycles. The number of hydrogen-bond donors (Lipinski definition) is 0. The van der Waals surface area contributed by atoms with Crippen molar-refractivity contribution in [3.63, 3.8) is 0 Å². The lowest BCUT2D eigenvalue weighted by Crippen LogP contribution is -2.36. The van der Waals surface area contributed by atoms with Crippen LogP contribution < -0.4 is 9.47 Å². The first-order valence-electron chi connectivity index (χ1n) is 8.83. The van der Waals surface area contributed by atoms with Crippen LogP contribution in [0, 0.1) is 0 Å². The maximum Gasteiger partial charge on any atom is 0.261 e. The van der Waals surface area contributed by atoms with Gasteiger partial charge in [-0.2, -0.15) is 0 Å². The highest BCUT2D eigenvalue weighted by Crippen LogP contribution is 2.30. The normalized spacial score (nSPS) is 13.6. The fraction of sp³-hybridized carbons (Fsp3) is 0.333. The summed E-state index contributed by atoms with van der Waals surface area (Å²) in [6, 6.07) is 9.87. The van der Waals surface area contributed by atoms with Gasteiger partial charge < -0.3 is 14.4 Å². The van der Waals surface area contributed by atoms with Gasteiger partial charge in [-0.3, -0.25) is 9.78 Å². The van der Waals surface area contributed by atoms with Crippen LogP contribution in [0.1, 0.15) is 30.9 Å². The molecule has 2 aromatic rings. The van der Waals surface area contributed by atoms with Crippen molar-refractivity contribution in [1.29, 1.82) is 0 Å². The number of methoxy groups -OCH3 is 1. The van der Waals surface area contributed by atoms with E-state index in [1.54, 1.807) is 19.5 Å². The van der Waals surface area contributed by atoms with Gasteiger partial charge in [0.15, 0.2) is 18.1 Å². The number of amides is 1. The van der Waals surface area contributed by atoms with Crippen LogP contribution in [0.15, 0.2) is 48.8 Å². The van der Waals surface area contributed by atoms with Gasteiger partial charge in [-0.15, -0.1) is 0 Å². The van der Waals surface area contributed by atoms with Gasteiger partial charge in [-0.25, -0.2) is 0 Å². The number of hydrogen-bond acceptors (Lipinski definition) is 4. The van der Waals surface area contributed by atoms with Gasteiger partial charge in [0.2, 0.25) is 0 Å². The monoisotopic (exact) mass is 352 g/mol. The molecule has 0 spiro atoms. The summed E-state index contributed by atoms with van der Waals surface area (Å²) in [4.78, 5) is 18.6. The third-order valence-corrected chi connectivity index (χ3v) is 4.31. The highest BCUT2D eigenvalue weighted by atomic mass is 16.5. The van der Waals surface area contributed by atoms with Gasteiger partial charge in [0, 0.05) is 25.0 Å². The molecule has 1 heterocycles. The largest absolute Gasteiger partial charge is 0.493 e. The first kappa shape index (κ1) is 18.0. The second-order valence-corrected chi connectivity index (χ2v) is 6.31. The Morgan fingerprint density at radius 1 is 1.23 bits per heavy atom. The van der Waals surface area contributed by atoms with Crippen molar-refractivity contribution in [1.82, 2.24) is 9.88 Å². The van der Waals surface area contributed by atoms with Crippen molar-refractivity contribution in [2.24, 2.45) is 0 Å². The van der Waals surface area contributed by atoms with Gasteiger partial charge in [0.1, 0.15) is 0 Å². The van der Waals surface area contributed by atoms with E-state index in [1.165, 1.54) is 0 Å². The second-order valence-electron chi connectivity index (χ2n) is 6.31. The van der Waals surface area contributed by atoms with Crippen molar-refractivity contribution >= 4 is 12.0 Å². The second kappa shape index (κ2) is 8.52. The van der Waals surface area contributed by atoms with E-state index in [0.717, 1.165) is 24.0 Å². The molecule has 26 heavy (non-hydrogen) atoms. The third kappa shape index (κ3) is 4.63. The summed E-state index contributed by atoms with van der Waals surface area (Å²) in [5.74, 6) is 1.19. The molecule has 0 unspecified atom stereocenters. The minimum atomic E-state index is -0.0103. The van der Waals surface area contributed by atoms with E-state index in [4.69, 9.17) is 9.47 Å². The fourth-order valence-corrected chi connectivity index (χ4v) is 2.81. The molecule has 1 aliphatic rings. The van der Waals surface area contributed by atoms with Gasteiger partial charge >= 0.3 is 0 Å².